The van der Waals surface area contributed by atoms with Crippen LogP contribution in [-0.2, 0) is 17.6 Å². The molecular weight excluding hydrogens is 426 g/mol. The molecule has 1 aliphatic carbocycles. The van der Waals surface area contributed by atoms with Crippen molar-refractivity contribution >= 4 is 39.1 Å². The molecule has 1 fully saturated rings. The zero-order valence-corrected chi connectivity index (χ0v) is 19.0. The van der Waals surface area contributed by atoms with Crippen LogP contribution in [-0.4, -0.2) is 59.2 Å². The standard InChI is InChI=1S/C22H27N7O2S/c1-11-8-25-19-18(24)20(32-22(19)26-11)21(30)27-13-4-5-15-12(7-13)3-6-17(28-15)29-9-14(23)16(10-29)31-2/h3,6,8,13-14,16H,4-5,7,9-10,23-24H2,1-2H3,(H,27,30)/t13?,14-,16-/m0/s1. The molecule has 9 nitrogen and oxygen atoms in total. The summed E-state index contributed by atoms with van der Waals surface area (Å²) in [5.74, 6) is 0.772. The zero-order chi connectivity index (χ0) is 22.4. The smallest absolute Gasteiger partial charge is 0.263 e. The van der Waals surface area contributed by atoms with Gasteiger partial charge in [-0.3, -0.25) is 4.79 Å². The number of nitrogens with one attached hydrogen (secondary N) is 1. The van der Waals surface area contributed by atoms with Crippen LogP contribution in [0.25, 0.3) is 10.3 Å². The van der Waals surface area contributed by atoms with Gasteiger partial charge >= 0.3 is 0 Å². The number of nitrogens with zero attached hydrogens (tertiary/aromatic N) is 4. The molecule has 0 bridgehead atoms. The molecule has 4 heterocycles. The SMILES string of the molecule is CO[C@H]1CN(c2ccc3c(n2)CCC(NC(=O)c2sc4nc(C)cnc4c2N)C3)C[C@@H]1N. The van der Waals surface area contributed by atoms with Gasteiger partial charge in [0, 0.05) is 38.1 Å². The molecule has 3 aromatic rings. The van der Waals surface area contributed by atoms with Crippen molar-refractivity contribution in [3.05, 3.63) is 40.2 Å². The average molecular weight is 454 g/mol. The Morgan fingerprint density at radius 1 is 1.31 bits per heavy atom. The normalized spacial score (nSPS) is 22.8. The number of nitrogens with two attached hydrogens (primary N) is 2. The van der Waals surface area contributed by atoms with Crippen molar-refractivity contribution < 1.29 is 9.53 Å². The van der Waals surface area contributed by atoms with Crippen LogP contribution in [0.5, 0.6) is 0 Å². The van der Waals surface area contributed by atoms with Gasteiger partial charge in [-0.2, -0.15) is 0 Å². The molecule has 1 unspecified atom stereocenters. The quantitative estimate of drug-likeness (QED) is 0.540. The molecule has 2 aliphatic rings. The maximum Gasteiger partial charge on any atom is 0.263 e. The molecule has 1 saturated heterocycles. The number of aryl methyl sites for hydroxylation is 2. The number of methoxy groups -OCH3 is 1. The largest absolute Gasteiger partial charge is 0.396 e. The highest BCUT2D eigenvalue weighted by molar-refractivity contribution is 7.21. The number of thiophene rings is 1. The molecule has 0 saturated carbocycles. The number of nitrogen functional groups attached to an aromatic ring is 1. The first-order valence-electron chi connectivity index (χ1n) is 10.8. The number of pyridine rings is 1. The molecule has 0 radical (unpaired) electrons. The van der Waals surface area contributed by atoms with Crippen molar-refractivity contribution in [3.8, 4) is 0 Å². The van der Waals surface area contributed by atoms with Crippen molar-refractivity contribution in [1.82, 2.24) is 20.3 Å². The van der Waals surface area contributed by atoms with E-state index in [0.29, 0.717) is 20.9 Å². The minimum atomic E-state index is -0.167. The van der Waals surface area contributed by atoms with E-state index in [2.05, 4.69) is 26.3 Å². The van der Waals surface area contributed by atoms with Gasteiger partial charge in [0.15, 0.2) is 0 Å². The number of ether oxygens (including phenoxy) is 1. The third kappa shape index (κ3) is 3.78. The van der Waals surface area contributed by atoms with E-state index in [-0.39, 0.29) is 24.1 Å². The summed E-state index contributed by atoms with van der Waals surface area (Å²) in [7, 11) is 1.70. The second-order valence-electron chi connectivity index (χ2n) is 8.54. The van der Waals surface area contributed by atoms with Gasteiger partial charge in [0.25, 0.3) is 5.91 Å². The number of amides is 1. The van der Waals surface area contributed by atoms with Crippen LogP contribution in [0, 0.1) is 6.92 Å². The highest BCUT2D eigenvalue weighted by Crippen LogP contribution is 2.31. The van der Waals surface area contributed by atoms with Gasteiger partial charge in [-0.05, 0) is 37.8 Å². The summed E-state index contributed by atoms with van der Waals surface area (Å²) >= 11 is 1.29. The molecule has 5 rings (SSSR count). The number of rotatable bonds is 4. The second kappa shape index (κ2) is 8.27. The first-order chi connectivity index (χ1) is 15.4. The van der Waals surface area contributed by atoms with Crippen molar-refractivity contribution in [2.24, 2.45) is 5.73 Å². The van der Waals surface area contributed by atoms with Gasteiger partial charge in [0.2, 0.25) is 0 Å². The Hall–Kier alpha value is -2.82. The number of fused-ring (bicyclic) bond motifs is 2. The van der Waals surface area contributed by atoms with Gasteiger partial charge in [-0.1, -0.05) is 6.07 Å². The molecule has 168 valence electrons. The topological polar surface area (TPSA) is 132 Å². The van der Waals surface area contributed by atoms with E-state index in [1.807, 2.05) is 13.0 Å². The molecule has 3 aromatic heterocycles. The van der Waals surface area contributed by atoms with Crippen LogP contribution in [0.15, 0.2) is 18.3 Å². The van der Waals surface area contributed by atoms with Crippen LogP contribution in [0.1, 0.15) is 33.0 Å². The number of aromatic nitrogens is 3. The summed E-state index contributed by atoms with van der Waals surface area (Å²) in [6, 6.07) is 4.19. The Bertz CT molecular complexity index is 1180. The third-order valence-electron chi connectivity index (χ3n) is 6.29. The fourth-order valence-electron chi connectivity index (χ4n) is 4.52. The number of carbonyl (C=O) groups is 1. The molecule has 32 heavy (non-hydrogen) atoms. The second-order valence-corrected chi connectivity index (χ2v) is 9.54. The summed E-state index contributed by atoms with van der Waals surface area (Å²) in [6.07, 6.45) is 4.08. The van der Waals surface area contributed by atoms with Gasteiger partial charge in [0.05, 0.1) is 23.5 Å². The summed E-state index contributed by atoms with van der Waals surface area (Å²) in [5.41, 5.74) is 16.4. The van der Waals surface area contributed by atoms with Gasteiger partial charge in [0.1, 0.15) is 21.0 Å². The van der Waals surface area contributed by atoms with E-state index in [4.69, 9.17) is 21.2 Å². The Kier molecular flexibility index (Phi) is 5.44. The van der Waals surface area contributed by atoms with Crippen LogP contribution >= 0.6 is 11.3 Å². The molecule has 0 spiro atoms. The predicted molar refractivity (Wildman–Crippen MR) is 125 cm³/mol. The first kappa shape index (κ1) is 21.0. The predicted octanol–water partition coefficient (Wildman–Crippen LogP) is 1.43. The van der Waals surface area contributed by atoms with E-state index < -0.39 is 0 Å². The monoisotopic (exact) mass is 453 g/mol. The van der Waals surface area contributed by atoms with Gasteiger partial charge in [-0.25, -0.2) is 15.0 Å². The average Bonchev–Trinajstić information content (AvgIpc) is 3.32. The molecule has 3 atom stereocenters. The molecular formula is C22H27N7O2S. The first-order valence-corrected chi connectivity index (χ1v) is 11.6. The molecule has 5 N–H and O–H groups in total. The van der Waals surface area contributed by atoms with E-state index in [1.165, 1.54) is 16.9 Å². The van der Waals surface area contributed by atoms with Gasteiger partial charge < -0.3 is 26.4 Å². The fraction of sp³-hybridized carbons (Fsp3) is 0.455. The third-order valence-corrected chi connectivity index (χ3v) is 7.37. The number of hydrogen-bond donors (Lipinski definition) is 3. The van der Waals surface area contributed by atoms with Crippen LogP contribution < -0.4 is 21.7 Å². The maximum absolute atomic E-state index is 12.9. The number of hydrogen-bond acceptors (Lipinski definition) is 9. The Morgan fingerprint density at radius 2 is 2.16 bits per heavy atom. The summed E-state index contributed by atoms with van der Waals surface area (Å²) in [4.78, 5) is 29.9. The van der Waals surface area contributed by atoms with Crippen molar-refractivity contribution in [3.63, 3.8) is 0 Å². The van der Waals surface area contributed by atoms with Crippen LogP contribution in [0.2, 0.25) is 0 Å². The lowest BCUT2D eigenvalue weighted by molar-refractivity contribution is 0.0938. The Labute approximate surface area is 190 Å². The van der Waals surface area contributed by atoms with Crippen molar-refractivity contribution in [2.75, 3.05) is 30.8 Å². The van der Waals surface area contributed by atoms with E-state index in [9.17, 15) is 4.79 Å². The summed E-state index contributed by atoms with van der Waals surface area (Å²) in [6.45, 7) is 3.36. The highest BCUT2D eigenvalue weighted by atomic mass is 32.1. The van der Waals surface area contributed by atoms with Gasteiger partial charge in [-0.15, -0.1) is 11.3 Å². The molecule has 0 aromatic carbocycles. The van der Waals surface area contributed by atoms with E-state index in [1.54, 1.807) is 13.3 Å². The zero-order valence-electron chi connectivity index (χ0n) is 18.2. The number of anilines is 2. The van der Waals surface area contributed by atoms with Crippen molar-refractivity contribution in [2.45, 2.75) is 44.4 Å². The van der Waals surface area contributed by atoms with E-state index in [0.717, 1.165) is 49.6 Å². The molecule has 1 aliphatic heterocycles. The maximum atomic E-state index is 12.9. The highest BCUT2D eigenvalue weighted by Gasteiger charge is 2.32. The number of carbonyl (C=O) groups excluding carboxylic acids is 1. The minimum absolute atomic E-state index is 0.00641. The summed E-state index contributed by atoms with van der Waals surface area (Å²) < 4.78 is 5.46. The lowest BCUT2D eigenvalue weighted by Gasteiger charge is -2.26. The Morgan fingerprint density at radius 3 is 2.94 bits per heavy atom. The molecule has 1 amide bonds. The van der Waals surface area contributed by atoms with Crippen molar-refractivity contribution in [1.29, 1.82) is 0 Å². The summed E-state index contributed by atoms with van der Waals surface area (Å²) in [5, 5.41) is 3.15. The lowest BCUT2D eigenvalue weighted by Crippen LogP contribution is -2.39. The minimum Gasteiger partial charge on any atom is -0.396 e. The van der Waals surface area contributed by atoms with Crippen LogP contribution in [0.4, 0.5) is 11.5 Å². The Balaban J connectivity index is 1.28. The fourth-order valence-corrected chi connectivity index (χ4v) is 5.52. The molecule has 10 heteroatoms. The van der Waals surface area contributed by atoms with E-state index >= 15 is 0 Å². The van der Waals surface area contributed by atoms with Crippen LogP contribution in [0.3, 0.4) is 0 Å². The lowest BCUT2D eigenvalue weighted by atomic mass is 9.91.